The smallest absolute Gasteiger partial charge is 0.194 e. The van der Waals surface area contributed by atoms with Gasteiger partial charge >= 0.3 is 0 Å². The number of nitrogens with one attached hydrogen (secondary N) is 1. The van der Waals surface area contributed by atoms with E-state index in [1.54, 1.807) is 18.9 Å². The van der Waals surface area contributed by atoms with E-state index in [0.29, 0.717) is 13.1 Å². The van der Waals surface area contributed by atoms with E-state index in [4.69, 9.17) is 14.5 Å². The minimum Gasteiger partial charge on any atom is -0.497 e. The first-order chi connectivity index (χ1) is 12.1. The molecular weight excluding hydrogens is 445 g/mol. The molecule has 0 radical (unpaired) electrons. The van der Waals surface area contributed by atoms with Crippen molar-refractivity contribution in [2.45, 2.75) is 20.0 Å². The second-order valence-electron chi connectivity index (χ2n) is 5.73. The normalized spacial score (nSPS) is 10.9. The van der Waals surface area contributed by atoms with Crippen LogP contribution in [0.25, 0.3) is 0 Å². The highest BCUT2D eigenvalue weighted by Crippen LogP contribution is 2.25. The van der Waals surface area contributed by atoms with E-state index in [9.17, 15) is 0 Å². The average Bonchev–Trinajstić information content (AvgIpc) is 3.04. The quantitative estimate of drug-likeness (QED) is 0.381. The molecule has 0 unspecified atom stereocenters. The van der Waals surface area contributed by atoms with Crippen LogP contribution >= 0.6 is 24.0 Å². The van der Waals surface area contributed by atoms with E-state index in [-0.39, 0.29) is 24.0 Å². The number of aryl methyl sites for hydroxylation is 1. The molecule has 144 valence electrons. The average molecular weight is 473 g/mol. The van der Waals surface area contributed by atoms with Crippen LogP contribution in [-0.2, 0) is 20.1 Å². The van der Waals surface area contributed by atoms with Gasteiger partial charge in [-0.1, -0.05) is 0 Å². The number of nitrogens with zero attached hydrogens (tertiary/aromatic N) is 4. The van der Waals surface area contributed by atoms with E-state index in [1.807, 2.05) is 44.7 Å². The Morgan fingerprint density at radius 1 is 1.31 bits per heavy atom. The van der Waals surface area contributed by atoms with Gasteiger partial charge in [0.2, 0.25) is 0 Å². The first-order valence-corrected chi connectivity index (χ1v) is 8.25. The van der Waals surface area contributed by atoms with Crippen molar-refractivity contribution in [3.8, 4) is 11.5 Å². The molecule has 0 aliphatic heterocycles. The second-order valence-corrected chi connectivity index (χ2v) is 5.73. The van der Waals surface area contributed by atoms with Gasteiger partial charge in [-0.25, -0.2) is 4.99 Å². The zero-order valence-electron chi connectivity index (χ0n) is 16.0. The second kappa shape index (κ2) is 10.9. The van der Waals surface area contributed by atoms with Gasteiger partial charge in [0.15, 0.2) is 5.96 Å². The number of halogens is 1. The van der Waals surface area contributed by atoms with Crippen molar-refractivity contribution in [1.29, 1.82) is 0 Å². The van der Waals surface area contributed by atoms with Crippen molar-refractivity contribution in [2.24, 2.45) is 12.0 Å². The SMILES string of the molecule is CCNC(=NCc1cnn(C)c1)N(C)Cc1ccc(OC)cc1OC.I. The van der Waals surface area contributed by atoms with Gasteiger partial charge in [-0.15, -0.1) is 24.0 Å². The number of ether oxygens (including phenoxy) is 2. The van der Waals surface area contributed by atoms with Crippen LogP contribution in [-0.4, -0.2) is 48.5 Å². The van der Waals surface area contributed by atoms with Crippen molar-refractivity contribution in [3.05, 3.63) is 41.7 Å². The third-order valence-electron chi connectivity index (χ3n) is 3.77. The Balaban J connectivity index is 0.00000338. The van der Waals surface area contributed by atoms with Gasteiger partial charge in [-0.05, 0) is 19.1 Å². The van der Waals surface area contributed by atoms with Gasteiger partial charge in [0, 0.05) is 50.6 Å². The van der Waals surface area contributed by atoms with Crippen LogP contribution < -0.4 is 14.8 Å². The molecule has 0 amide bonds. The maximum absolute atomic E-state index is 5.48. The summed E-state index contributed by atoms with van der Waals surface area (Å²) in [6, 6.07) is 5.84. The summed E-state index contributed by atoms with van der Waals surface area (Å²) in [5.74, 6) is 2.42. The Hall–Kier alpha value is -1.97. The van der Waals surface area contributed by atoms with Gasteiger partial charge in [0.1, 0.15) is 11.5 Å². The highest BCUT2D eigenvalue weighted by atomic mass is 127. The molecule has 26 heavy (non-hydrogen) atoms. The molecule has 1 heterocycles. The fourth-order valence-electron chi connectivity index (χ4n) is 2.50. The summed E-state index contributed by atoms with van der Waals surface area (Å²) in [7, 11) is 7.23. The predicted octanol–water partition coefficient (Wildman–Crippen LogP) is 2.65. The summed E-state index contributed by atoms with van der Waals surface area (Å²) in [5.41, 5.74) is 2.14. The molecular formula is C18H28IN5O2. The van der Waals surface area contributed by atoms with Crippen LogP contribution in [0.15, 0.2) is 35.6 Å². The third kappa shape index (κ3) is 6.08. The van der Waals surface area contributed by atoms with E-state index in [2.05, 4.69) is 22.2 Å². The molecule has 0 fully saturated rings. The summed E-state index contributed by atoms with van der Waals surface area (Å²) < 4.78 is 12.5. The van der Waals surface area contributed by atoms with Crippen LogP contribution in [0.2, 0.25) is 0 Å². The minimum absolute atomic E-state index is 0. The zero-order chi connectivity index (χ0) is 18.2. The molecule has 0 aliphatic carbocycles. The van der Waals surface area contributed by atoms with Crippen molar-refractivity contribution in [3.63, 3.8) is 0 Å². The van der Waals surface area contributed by atoms with Gasteiger partial charge in [0.05, 0.1) is 27.0 Å². The van der Waals surface area contributed by atoms with Crippen molar-refractivity contribution < 1.29 is 9.47 Å². The van der Waals surface area contributed by atoms with Crippen LogP contribution in [0, 0.1) is 0 Å². The molecule has 0 aliphatic rings. The largest absolute Gasteiger partial charge is 0.497 e. The molecule has 8 heteroatoms. The first-order valence-electron chi connectivity index (χ1n) is 8.25. The van der Waals surface area contributed by atoms with Crippen LogP contribution in [0.4, 0.5) is 0 Å². The van der Waals surface area contributed by atoms with E-state index < -0.39 is 0 Å². The Morgan fingerprint density at radius 3 is 2.65 bits per heavy atom. The van der Waals surface area contributed by atoms with E-state index >= 15 is 0 Å². The number of rotatable bonds is 7. The molecule has 1 N–H and O–H groups in total. The maximum Gasteiger partial charge on any atom is 0.194 e. The predicted molar refractivity (Wildman–Crippen MR) is 114 cm³/mol. The fraction of sp³-hybridized carbons (Fsp3) is 0.444. The summed E-state index contributed by atoms with van der Waals surface area (Å²) in [6.07, 6.45) is 3.80. The maximum atomic E-state index is 5.48. The summed E-state index contributed by atoms with van der Waals surface area (Å²) >= 11 is 0. The topological polar surface area (TPSA) is 63.9 Å². The number of hydrogen-bond donors (Lipinski definition) is 1. The lowest BCUT2D eigenvalue weighted by atomic mass is 10.2. The van der Waals surface area contributed by atoms with Crippen molar-refractivity contribution >= 4 is 29.9 Å². The van der Waals surface area contributed by atoms with Gasteiger partial charge in [0.25, 0.3) is 0 Å². The molecule has 0 atom stereocenters. The summed E-state index contributed by atoms with van der Waals surface area (Å²) in [6.45, 7) is 4.11. The Morgan fingerprint density at radius 2 is 2.08 bits per heavy atom. The van der Waals surface area contributed by atoms with Crippen LogP contribution in [0.1, 0.15) is 18.1 Å². The number of methoxy groups -OCH3 is 2. The lowest BCUT2D eigenvalue weighted by Gasteiger charge is -2.23. The Labute approximate surface area is 172 Å². The monoisotopic (exact) mass is 473 g/mol. The molecule has 1 aromatic carbocycles. The number of aromatic nitrogens is 2. The molecule has 0 spiro atoms. The molecule has 0 saturated heterocycles. The number of guanidine groups is 1. The lowest BCUT2D eigenvalue weighted by molar-refractivity contribution is 0.382. The molecule has 0 bridgehead atoms. The molecule has 2 rings (SSSR count). The van der Waals surface area contributed by atoms with Crippen molar-refractivity contribution in [1.82, 2.24) is 20.0 Å². The molecule has 1 aromatic heterocycles. The standard InChI is InChI=1S/C18H27N5O2.HI/c1-6-19-18(20-10-14-11-21-23(3)12-14)22(2)13-15-7-8-16(24-4)9-17(15)25-5;/h7-9,11-12H,6,10,13H2,1-5H3,(H,19,20);1H. The number of hydrogen-bond acceptors (Lipinski definition) is 4. The highest BCUT2D eigenvalue weighted by molar-refractivity contribution is 14.0. The zero-order valence-corrected chi connectivity index (χ0v) is 18.4. The van der Waals surface area contributed by atoms with Gasteiger partial charge in [-0.3, -0.25) is 4.68 Å². The third-order valence-corrected chi connectivity index (χ3v) is 3.77. The summed E-state index contributed by atoms with van der Waals surface area (Å²) in [5, 5.41) is 7.50. The number of aliphatic imine (C=N–C) groups is 1. The van der Waals surface area contributed by atoms with Crippen molar-refractivity contribution in [2.75, 3.05) is 27.8 Å². The lowest BCUT2D eigenvalue weighted by Crippen LogP contribution is -2.38. The summed E-state index contributed by atoms with van der Waals surface area (Å²) in [4.78, 5) is 6.77. The van der Waals surface area contributed by atoms with Gasteiger partial charge < -0.3 is 19.7 Å². The molecule has 2 aromatic rings. The Bertz CT molecular complexity index is 717. The van der Waals surface area contributed by atoms with Gasteiger partial charge in [-0.2, -0.15) is 5.10 Å². The van der Waals surface area contributed by atoms with Crippen LogP contribution in [0.5, 0.6) is 11.5 Å². The first kappa shape index (κ1) is 22.1. The fourth-order valence-corrected chi connectivity index (χ4v) is 2.50. The highest BCUT2D eigenvalue weighted by Gasteiger charge is 2.11. The van der Waals surface area contributed by atoms with E-state index in [1.165, 1.54) is 0 Å². The molecule has 0 saturated carbocycles. The Kier molecular flexibility index (Phi) is 9.25. The van der Waals surface area contributed by atoms with E-state index in [0.717, 1.165) is 35.1 Å². The minimum atomic E-state index is 0. The molecule has 7 nitrogen and oxygen atoms in total. The van der Waals surface area contributed by atoms with Crippen LogP contribution in [0.3, 0.4) is 0 Å². The number of benzene rings is 1.